The van der Waals surface area contributed by atoms with Gasteiger partial charge in [-0.05, 0) is 99.1 Å². The molecule has 0 atom stereocenters. The molecule has 0 radical (unpaired) electrons. The van der Waals surface area contributed by atoms with Crippen LogP contribution >= 0.6 is 0 Å². The van der Waals surface area contributed by atoms with Crippen LogP contribution in [0.4, 0.5) is 0 Å². The van der Waals surface area contributed by atoms with E-state index >= 15 is 0 Å². The van der Waals surface area contributed by atoms with Crippen molar-refractivity contribution in [3.05, 3.63) is 119 Å². The number of ether oxygens (including phenoxy) is 4. The summed E-state index contributed by atoms with van der Waals surface area (Å²) >= 11 is 0. The molecular formula is C51H68N4O6. The lowest BCUT2D eigenvalue weighted by Crippen LogP contribution is -2.44. The number of nitrogens with zero attached hydrogens (tertiary/aromatic N) is 4. The second kappa shape index (κ2) is 23.5. The summed E-state index contributed by atoms with van der Waals surface area (Å²) in [6.07, 6.45) is 3.92. The second-order valence-electron chi connectivity index (χ2n) is 16.9. The minimum Gasteiger partial charge on any atom is -0.493 e. The quantitative estimate of drug-likeness (QED) is 0.0549. The third-order valence-electron chi connectivity index (χ3n) is 12.4. The maximum atomic E-state index is 14.9. The predicted molar refractivity (Wildman–Crippen MR) is 243 cm³/mol. The molecule has 10 heteroatoms. The molecule has 0 spiro atoms. The molecule has 4 aromatic carbocycles. The van der Waals surface area contributed by atoms with Crippen molar-refractivity contribution in [3.8, 4) is 23.0 Å². The highest BCUT2D eigenvalue weighted by molar-refractivity contribution is 6.07. The average Bonchev–Trinajstić information content (AvgIpc) is 3.29. The molecule has 10 nitrogen and oxygen atoms in total. The number of benzene rings is 4. The first-order chi connectivity index (χ1) is 29.7. The number of carbonyl (C=O) groups excluding carboxylic acids is 2. The Morgan fingerprint density at radius 2 is 0.902 bits per heavy atom. The van der Waals surface area contributed by atoms with E-state index in [0.29, 0.717) is 61.9 Å². The molecule has 6 rings (SSSR count). The Kier molecular flexibility index (Phi) is 17.6. The summed E-state index contributed by atoms with van der Waals surface area (Å²) < 4.78 is 23.9. The molecule has 61 heavy (non-hydrogen) atoms. The van der Waals surface area contributed by atoms with E-state index in [2.05, 4.69) is 33.7 Å². The number of methoxy groups -OCH3 is 2. The largest absolute Gasteiger partial charge is 0.493 e. The molecule has 328 valence electrons. The minimum absolute atomic E-state index is 0.0497. The van der Waals surface area contributed by atoms with E-state index in [1.807, 2.05) is 97.1 Å². The second-order valence-corrected chi connectivity index (χ2v) is 16.9. The summed E-state index contributed by atoms with van der Waals surface area (Å²) in [4.78, 5) is 39.5. The van der Waals surface area contributed by atoms with E-state index in [0.717, 1.165) is 101 Å². The number of rotatable bonds is 24. The number of Topliss-reactive ketones (excluding diaryl/α,β-unsaturated/α-hetero) is 2. The number of aryl methyl sites for hydroxylation is 2. The molecule has 0 bridgehead atoms. The summed E-state index contributed by atoms with van der Waals surface area (Å²) in [6, 6.07) is 31.7. The lowest BCUT2D eigenvalue weighted by molar-refractivity contribution is -0.141. The molecular weight excluding hydrogens is 765 g/mol. The normalized spacial score (nSPS) is 15.7. The summed E-state index contributed by atoms with van der Waals surface area (Å²) in [5.74, 6) is 2.60. The first-order valence-electron chi connectivity index (χ1n) is 22.3. The fourth-order valence-electron chi connectivity index (χ4n) is 8.55. The summed E-state index contributed by atoms with van der Waals surface area (Å²) in [5.41, 5.74) is 2.60. The van der Waals surface area contributed by atoms with Crippen molar-refractivity contribution in [1.82, 2.24) is 19.6 Å². The Hall–Kier alpha value is -4.74. The lowest BCUT2D eigenvalue weighted by Gasteiger charge is -2.32. The van der Waals surface area contributed by atoms with Crippen molar-refractivity contribution in [2.24, 2.45) is 5.41 Å². The molecule has 0 unspecified atom stereocenters. The smallest absolute Gasteiger partial charge is 0.161 e. The zero-order valence-electron chi connectivity index (χ0n) is 37.1. The summed E-state index contributed by atoms with van der Waals surface area (Å²) in [7, 11) is 7.64. The number of carbonyl (C=O) groups is 2. The Labute approximate surface area is 364 Å². The molecule has 2 heterocycles. The van der Waals surface area contributed by atoms with Crippen LogP contribution in [-0.4, -0.2) is 138 Å². The highest BCUT2D eigenvalue weighted by Crippen LogP contribution is 2.36. The topological polar surface area (TPSA) is 84.0 Å². The van der Waals surface area contributed by atoms with Gasteiger partial charge < -0.3 is 38.5 Å². The van der Waals surface area contributed by atoms with E-state index in [9.17, 15) is 9.59 Å². The fourth-order valence-corrected chi connectivity index (χ4v) is 8.55. The van der Waals surface area contributed by atoms with Gasteiger partial charge in [-0.1, -0.05) is 72.8 Å². The van der Waals surface area contributed by atoms with Crippen LogP contribution in [-0.2, 0) is 35.3 Å². The maximum Gasteiger partial charge on any atom is 0.161 e. The Morgan fingerprint density at radius 3 is 1.28 bits per heavy atom. The molecule has 0 N–H and O–H groups in total. The van der Waals surface area contributed by atoms with Gasteiger partial charge in [0.05, 0.1) is 32.8 Å². The van der Waals surface area contributed by atoms with Crippen LogP contribution in [0, 0.1) is 5.41 Å². The van der Waals surface area contributed by atoms with Crippen LogP contribution in [0.3, 0.4) is 0 Å². The lowest BCUT2D eigenvalue weighted by atomic mass is 9.68. The van der Waals surface area contributed by atoms with E-state index in [-0.39, 0.29) is 24.4 Å². The van der Waals surface area contributed by atoms with Crippen LogP contribution in [0.25, 0.3) is 0 Å². The van der Waals surface area contributed by atoms with Crippen molar-refractivity contribution < 1.29 is 28.5 Å². The Morgan fingerprint density at radius 1 is 0.508 bits per heavy atom. The van der Waals surface area contributed by atoms with Gasteiger partial charge in [0.25, 0.3) is 0 Å². The number of hydrogen-bond donors (Lipinski definition) is 0. The minimum atomic E-state index is -1.25. The first kappa shape index (κ1) is 45.8. The van der Waals surface area contributed by atoms with Crippen LogP contribution in [0.5, 0.6) is 23.0 Å². The third-order valence-corrected chi connectivity index (χ3v) is 12.4. The maximum absolute atomic E-state index is 14.9. The van der Waals surface area contributed by atoms with Gasteiger partial charge in [0.2, 0.25) is 0 Å². The van der Waals surface area contributed by atoms with Crippen LogP contribution in [0.15, 0.2) is 97.1 Å². The fraction of sp³-hybridized carbons (Fsp3) is 0.490. The van der Waals surface area contributed by atoms with Crippen LogP contribution in [0.1, 0.15) is 47.9 Å². The van der Waals surface area contributed by atoms with E-state index in [1.165, 1.54) is 0 Å². The average molecular weight is 833 g/mol. The SMILES string of the molecule is COc1cc(CCC(=O)C(Cc2ccccc2)(Cc2ccccc2)C(=O)CCc2ccc(OCCCN3CCN(C)CC3)c(OC)c2)ccc1OCCCN1CCN(C)CC1. The molecule has 2 saturated heterocycles. The van der Waals surface area contributed by atoms with E-state index in [1.54, 1.807) is 14.2 Å². The molecule has 0 aliphatic carbocycles. The third kappa shape index (κ3) is 13.6. The summed E-state index contributed by atoms with van der Waals surface area (Å²) in [5, 5.41) is 0. The Balaban J connectivity index is 1.13. The van der Waals surface area contributed by atoms with Crippen molar-refractivity contribution in [2.75, 3.05) is 107 Å². The molecule has 2 fully saturated rings. The standard InChI is InChI=1S/C51H68N4O6/c1-52-27-31-54(32-28-52)25-11-35-60-45-21-17-41(37-47(45)58-3)19-23-49(56)51(39-43-13-7-5-8-14-43,40-44-15-9-6-10-16-44)50(57)24-20-42-18-22-46(48(38-42)59-4)61-36-12-26-55-33-29-53(2)30-34-55/h5-10,13-18,21-22,37-38H,11-12,19-20,23-36,39-40H2,1-4H3. The number of likely N-dealkylation sites (N-methyl/N-ethyl adjacent to an activating group) is 2. The molecule has 0 saturated carbocycles. The van der Waals surface area contributed by atoms with Gasteiger partial charge in [0.15, 0.2) is 23.0 Å². The molecule has 2 aliphatic heterocycles. The van der Waals surface area contributed by atoms with Gasteiger partial charge in [0.1, 0.15) is 11.6 Å². The van der Waals surface area contributed by atoms with Crippen LogP contribution in [0.2, 0.25) is 0 Å². The molecule has 4 aromatic rings. The molecule has 0 amide bonds. The molecule has 0 aromatic heterocycles. The van der Waals surface area contributed by atoms with Gasteiger partial charge in [-0.2, -0.15) is 0 Å². The Bertz CT molecular complexity index is 1800. The highest BCUT2D eigenvalue weighted by Gasteiger charge is 2.44. The zero-order valence-corrected chi connectivity index (χ0v) is 37.1. The van der Waals surface area contributed by atoms with Gasteiger partial charge in [0, 0.05) is 78.3 Å². The van der Waals surface area contributed by atoms with Gasteiger partial charge >= 0.3 is 0 Å². The zero-order chi connectivity index (χ0) is 42.9. The predicted octanol–water partition coefficient (Wildman–Crippen LogP) is 6.91. The molecule has 2 aliphatic rings. The summed E-state index contributed by atoms with van der Waals surface area (Å²) in [6.45, 7) is 12.0. The first-order valence-corrected chi connectivity index (χ1v) is 22.3. The van der Waals surface area contributed by atoms with E-state index in [4.69, 9.17) is 18.9 Å². The van der Waals surface area contributed by atoms with Gasteiger partial charge in [-0.15, -0.1) is 0 Å². The van der Waals surface area contributed by atoms with Crippen molar-refractivity contribution in [1.29, 1.82) is 0 Å². The van der Waals surface area contributed by atoms with Gasteiger partial charge in [-0.3, -0.25) is 9.59 Å². The van der Waals surface area contributed by atoms with Crippen molar-refractivity contribution >= 4 is 11.6 Å². The monoisotopic (exact) mass is 833 g/mol. The van der Waals surface area contributed by atoms with Crippen LogP contribution < -0.4 is 18.9 Å². The number of ketones is 2. The van der Waals surface area contributed by atoms with Crippen molar-refractivity contribution in [2.45, 2.75) is 51.4 Å². The van der Waals surface area contributed by atoms with Gasteiger partial charge in [-0.25, -0.2) is 0 Å². The van der Waals surface area contributed by atoms with E-state index < -0.39 is 5.41 Å². The van der Waals surface area contributed by atoms with Crippen molar-refractivity contribution in [3.63, 3.8) is 0 Å². The number of piperazine rings is 2. The highest BCUT2D eigenvalue weighted by atomic mass is 16.5. The number of hydrogen-bond acceptors (Lipinski definition) is 10.